The van der Waals surface area contributed by atoms with Gasteiger partial charge in [0.1, 0.15) is 11.6 Å². The van der Waals surface area contributed by atoms with E-state index in [0.29, 0.717) is 17.1 Å². The Morgan fingerprint density at radius 3 is 2.50 bits per heavy atom. The quantitative estimate of drug-likeness (QED) is 0.495. The molecule has 0 radical (unpaired) electrons. The molecule has 2 aromatic rings. The summed E-state index contributed by atoms with van der Waals surface area (Å²) in [4.78, 5) is 6.56. The summed E-state index contributed by atoms with van der Waals surface area (Å²) < 4.78 is 42.6. The van der Waals surface area contributed by atoms with Crippen LogP contribution < -0.4 is 20.5 Å². The van der Waals surface area contributed by atoms with Crippen LogP contribution in [0, 0.1) is 11.3 Å². The Kier molecular flexibility index (Phi) is 7.46. The molecule has 1 aromatic carbocycles. The Balaban J connectivity index is 1.93. The van der Waals surface area contributed by atoms with Crippen LogP contribution in [0.25, 0.3) is 0 Å². The van der Waals surface area contributed by atoms with Gasteiger partial charge in [0.05, 0.1) is 18.5 Å². The van der Waals surface area contributed by atoms with Gasteiger partial charge >= 0.3 is 6.36 Å². The SMILES string of the molecule is CC(C)NNc1ccc(C(C)N(c2cc(OC(F)(F)F)ccc2CC#N)C2CCC2)cn1. The van der Waals surface area contributed by atoms with Crippen LogP contribution in [0.1, 0.15) is 57.2 Å². The molecule has 1 aliphatic rings. The van der Waals surface area contributed by atoms with E-state index >= 15 is 0 Å². The van der Waals surface area contributed by atoms with Crippen molar-refractivity contribution in [3.8, 4) is 11.8 Å². The zero-order chi connectivity index (χ0) is 23.3. The first-order chi connectivity index (χ1) is 15.2. The second-order valence-corrected chi connectivity index (χ2v) is 8.24. The average Bonchev–Trinajstić information content (AvgIpc) is 2.69. The largest absolute Gasteiger partial charge is 0.573 e. The minimum atomic E-state index is -4.78. The summed E-state index contributed by atoms with van der Waals surface area (Å²) in [5, 5.41) is 9.26. The van der Waals surface area contributed by atoms with Crippen molar-refractivity contribution in [3.05, 3.63) is 47.7 Å². The zero-order valence-corrected chi connectivity index (χ0v) is 18.4. The lowest BCUT2D eigenvalue weighted by molar-refractivity contribution is -0.274. The molecule has 3 rings (SSSR count). The standard InChI is InChI=1S/C23H28F3N5O/c1-15(2)29-30-22-10-8-18(14-28-22)16(3)31(19-5-4-6-19)21-13-20(32-23(24,25)26)9-7-17(21)11-12-27/h7-10,13-16,19,29H,4-6,11H2,1-3H3,(H,28,30). The minimum absolute atomic E-state index is 0.0968. The number of benzene rings is 1. The highest BCUT2D eigenvalue weighted by molar-refractivity contribution is 5.60. The van der Waals surface area contributed by atoms with Crippen LogP contribution in [0.2, 0.25) is 0 Å². The first kappa shape index (κ1) is 23.7. The van der Waals surface area contributed by atoms with Crippen LogP contribution in [-0.2, 0) is 6.42 Å². The number of nitrogens with zero attached hydrogens (tertiary/aromatic N) is 3. The number of pyridine rings is 1. The van der Waals surface area contributed by atoms with E-state index in [2.05, 4.69) is 31.5 Å². The van der Waals surface area contributed by atoms with Gasteiger partial charge in [-0.15, -0.1) is 13.2 Å². The maximum atomic E-state index is 12.8. The molecule has 1 atom stereocenters. The van der Waals surface area contributed by atoms with Crippen LogP contribution in [0.5, 0.6) is 5.75 Å². The number of alkyl halides is 3. The lowest BCUT2D eigenvalue weighted by atomic mass is 9.88. The molecule has 0 bridgehead atoms. The number of aromatic nitrogens is 1. The van der Waals surface area contributed by atoms with Crippen molar-refractivity contribution in [2.24, 2.45) is 0 Å². The fourth-order valence-electron chi connectivity index (χ4n) is 3.71. The monoisotopic (exact) mass is 447 g/mol. The summed E-state index contributed by atoms with van der Waals surface area (Å²) in [6.07, 6.45) is 0.0122. The smallest absolute Gasteiger partial charge is 0.406 e. The molecule has 0 spiro atoms. The third-order valence-corrected chi connectivity index (χ3v) is 5.48. The van der Waals surface area contributed by atoms with Crippen LogP contribution >= 0.6 is 0 Å². The minimum Gasteiger partial charge on any atom is -0.406 e. The summed E-state index contributed by atoms with van der Waals surface area (Å²) in [5.41, 5.74) is 8.31. The van der Waals surface area contributed by atoms with Crippen LogP contribution in [-0.4, -0.2) is 23.4 Å². The maximum Gasteiger partial charge on any atom is 0.573 e. The fraction of sp³-hybridized carbons (Fsp3) is 0.478. The molecule has 9 heteroatoms. The normalized spacial score (nSPS) is 15.1. The van der Waals surface area contributed by atoms with Gasteiger partial charge in [-0.25, -0.2) is 10.4 Å². The van der Waals surface area contributed by atoms with Crippen molar-refractivity contribution < 1.29 is 17.9 Å². The van der Waals surface area contributed by atoms with E-state index in [4.69, 9.17) is 0 Å². The Morgan fingerprint density at radius 2 is 1.97 bits per heavy atom. The Bertz CT molecular complexity index is 936. The summed E-state index contributed by atoms with van der Waals surface area (Å²) >= 11 is 0. The molecule has 1 aromatic heterocycles. The van der Waals surface area contributed by atoms with Crippen molar-refractivity contribution >= 4 is 11.5 Å². The Morgan fingerprint density at radius 1 is 1.22 bits per heavy atom. The van der Waals surface area contributed by atoms with Gasteiger partial charge in [0.25, 0.3) is 0 Å². The molecule has 32 heavy (non-hydrogen) atoms. The van der Waals surface area contributed by atoms with Gasteiger partial charge in [-0.2, -0.15) is 5.26 Å². The first-order valence-corrected chi connectivity index (χ1v) is 10.7. The maximum absolute atomic E-state index is 12.8. The second-order valence-electron chi connectivity index (χ2n) is 8.24. The van der Waals surface area contributed by atoms with Gasteiger partial charge < -0.3 is 15.1 Å². The van der Waals surface area contributed by atoms with Crippen LogP contribution in [0.15, 0.2) is 36.5 Å². The van der Waals surface area contributed by atoms with Gasteiger partial charge in [0.15, 0.2) is 0 Å². The first-order valence-electron chi connectivity index (χ1n) is 10.7. The highest BCUT2D eigenvalue weighted by Gasteiger charge is 2.34. The molecule has 1 heterocycles. The Labute approximate surface area is 186 Å². The van der Waals surface area contributed by atoms with E-state index in [0.717, 1.165) is 24.8 Å². The number of anilines is 2. The van der Waals surface area contributed by atoms with Gasteiger partial charge in [-0.3, -0.25) is 0 Å². The third kappa shape index (κ3) is 6.04. The molecule has 1 saturated carbocycles. The predicted octanol–water partition coefficient (Wildman–Crippen LogP) is 5.49. The number of halogens is 3. The van der Waals surface area contributed by atoms with E-state index in [1.165, 1.54) is 12.1 Å². The summed E-state index contributed by atoms with van der Waals surface area (Å²) in [5.74, 6) is 0.388. The third-order valence-electron chi connectivity index (χ3n) is 5.48. The van der Waals surface area contributed by atoms with Crippen LogP contribution in [0.4, 0.5) is 24.7 Å². The fourth-order valence-corrected chi connectivity index (χ4v) is 3.71. The van der Waals surface area contributed by atoms with E-state index < -0.39 is 6.36 Å². The second kappa shape index (κ2) is 10.1. The number of ether oxygens (including phenoxy) is 1. The van der Waals surface area contributed by atoms with Crippen molar-refractivity contribution in [2.45, 2.75) is 70.9 Å². The van der Waals surface area contributed by atoms with Gasteiger partial charge in [0.2, 0.25) is 0 Å². The molecule has 1 unspecified atom stereocenters. The van der Waals surface area contributed by atoms with E-state index in [1.807, 2.05) is 32.9 Å². The zero-order valence-electron chi connectivity index (χ0n) is 18.4. The van der Waals surface area contributed by atoms with Crippen molar-refractivity contribution in [1.82, 2.24) is 10.4 Å². The van der Waals surface area contributed by atoms with Crippen molar-refractivity contribution in [2.75, 3.05) is 10.3 Å². The van der Waals surface area contributed by atoms with Crippen molar-refractivity contribution in [1.29, 1.82) is 5.26 Å². The molecular formula is C23H28F3N5O. The number of nitrogens with one attached hydrogen (secondary N) is 2. The summed E-state index contributed by atoms with van der Waals surface area (Å²) in [7, 11) is 0. The highest BCUT2D eigenvalue weighted by atomic mass is 19.4. The number of nitriles is 1. The predicted molar refractivity (Wildman–Crippen MR) is 117 cm³/mol. The lowest BCUT2D eigenvalue weighted by Gasteiger charge is -2.44. The number of hydrogen-bond donors (Lipinski definition) is 2. The molecule has 1 fully saturated rings. The molecule has 0 saturated heterocycles. The topological polar surface area (TPSA) is 73.2 Å². The van der Waals surface area contributed by atoms with Crippen molar-refractivity contribution in [3.63, 3.8) is 0 Å². The average molecular weight is 448 g/mol. The molecule has 0 aliphatic heterocycles. The summed E-state index contributed by atoms with van der Waals surface area (Å²) in [6, 6.07) is 10.4. The van der Waals surface area contributed by atoms with E-state index in [-0.39, 0.29) is 30.3 Å². The Hall–Kier alpha value is -2.99. The van der Waals surface area contributed by atoms with Gasteiger partial charge in [0, 0.05) is 30.0 Å². The summed E-state index contributed by atoms with van der Waals surface area (Å²) in [6.45, 7) is 6.02. The van der Waals surface area contributed by atoms with E-state index in [1.54, 1.807) is 12.3 Å². The number of rotatable bonds is 9. The lowest BCUT2D eigenvalue weighted by Crippen LogP contribution is -2.42. The number of hydrazine groups is 1. The molecule has 2 N–H and O–H groups in total. The van der Waals surface area contributed by atoms with Gasteiger partial charge in [-0.1, -0.05) is 12.1 Å². The number of hydrogen-bond acceptors (Lipinski definition) is 6. The molecule has 172 valence electrons. The molecule has 1 aliphatic carbocycles. The van der Waals surface area contributed by atoms with Crippen LogP contribution in [0.3, 0.4) is 0 Å². The molecular weight excluding hydrogens is 419 g/mol. The molecule has 6 nitrogen and oxygen atoms in total. The van der Waals surface area contributed by atoms with E-state index in [9.17, 15) is 18.4 Å². The molecule has 0 amide bonds. The van der Waals surface area contributed by atoms with Gasteiger partial charge in [-0.05, 0) is 63.3 Å². The highest BCUT2D eigenvalue weighted by Crippen LogP contribution is 2.40.